The molecular formula is C19H19N3O5. The van der Waals surface area contributed by atoms with Gasteiger partial charge in [-0.25, -0.2) is 4.79 Å². The van der Waals surface area contributed by atoms with Crippen molar-refractivity contribution in [3.8, 4) is 11.5 Å². The van der Waals surface area contributed by atoms with Crippen molar-refractivity contribution in [2.24, 2.45) is 0 Å². The summed E-state index contributed by atoms with van der Waals surface area (Å²) in [5.41, 5.74) is 1.46. The topological polar surface area (TPSA) is 103 Å². The molecule has 1 amide bonds. The average Bonchev–Trinajstić information content (AvgIpc) is 3.05. The maximum Gasteiger partial charge on any atom is 0.356 e. The molecule has 2 aromatic heterocycles. The number of esters is 1. The molecule has 3 rings (SSSR count). The molecule has 0 atom stereocenters. The lowest BCUT2D eigenvalue weighted by molar-refractivity contribution is 0.0522. The maximum absolute atomic E-state index is 12.6. The summed E-state index contributed by atoms with van der Waals surface area (Å²) in [6.07, 6.45) is 3.04. The quantitative estimate of drug-likeness (QED) is 0.648. The number of rotatable bonds is 6. The van der Waals surface area contributed by atoms with Crippen molar-refractivity contribution in [2.45, 2.75) is 6.92 Å². The summed E-state index contributed by atoms with van der Waals surface area (Å²) in [5, 5.41) is 3.38. The first-order valence-electron chi connectivity index (χ1n) is 8.25. The lowest BCUT2D eigenvalue weighted by Crippen LogP contribution is -2.15. The number of carbonyl (C=O) groups excluding carboxylic acids is 2. The Morgan fingerprint density at radius 3 is 2.41 bits per heavy atom. The smallest absolute Gasteiger partial charge is 0.356 e. The summed E-state index contributed by atoms with van der Waals surface area (Å²) in [6, 6.07) is 6.55. The van der Waals surface area contributed by atoms with Gasteiger partial charge in [0, 0.05) is 29.4 Å². The van der Waals surface area contributed by atoms with Gasteiger partial charge in [-0.1, -0.05) is 0 Å². The molecule has 8 nitrogen and oxygen atoms in total. The number of amides is 1. The van der Waals surface area contributed by atoms with E-state index < -0.39 is 5.97 Å². The molecule has 3 aromatic rings. The Balaban J connectivity index is 2.13. The van der Waals surface area contributed by atoms with Gasteiger partial charge >= 0.3 is 5.97 Å². The first-order valence-corrected chi connectivity index (χ1v) is 8.25. The fourth-order valence-electron chi connectivity index (χ4n) is 2.70. The van der Waals surface area contributed by atoms with E-state index in [1.807, 2.05) is 0 Å². The number of fused-ring (bicyclic) bond motifs is 1. The minimum atomic E-state index is -0.573. The first kappa shape index (κ1) is 18.2. The van der Waals surface area contributed by atoms with Crippen molar-refractivity contribution < 1.29 is 23.8 Å². The van der Waals surface area contributed by atoms with Gasteiger partial charge in [-0.3, -0.25) is 9.78 Å². The second kappa shape index (κ2) is 7.77. The lowest BCUT2D eigenvalue weighted by Gasteiger charge is -2.09. The molecule has 2 heterocycles. The van der Waals surface area contributed by atoms with Gasteiger partial charge in [0.25, 0.3) is 5.91 Å². The number of nitrogens with zero attached hydrogens (tertiary/aromatic N) is 1. The van der Waals surface area contributed by atoms with Gasteiger partial charge < -0.3 is 24.5 Å². The van der Waals surface area contributed by atoms with E-state index in [1.54, 1.807) is 31.2 Å². The third-order valence-electron chi connectivity index (χ3n) is 3.96. The summed E-state index contributed by atoms with van der Waals surface area (Å²) in [4.78, 5) is 31.9. The highest BCUT2D eigenvalue weighted by Crippen LogP contribution is 2.37. The fourth-order valence-corrected chi connectivity index (χ4v) is 2.70. The molecule has 0 fully saturated rings. The van der Waals surface area contributed by atoms with Crippen molar-refractivity contribution >= 4 is 28.5 Å². The van der Waals surface area contributed by atoms with Gasteiger partial charge in [0.05, 0.1) is 32.0 Å². The number of hydrogen-bond donors (Lipinski definition) is 2. The van der Waals surface area contributed by atoms with Crippen LogP contribution in [0.4, 0.5) is 5.69 Å². The number of nitrogens with one attached hydrogen (secondary N) is 2. The van der Waals surface area contributed by atoms with Crippen molar-refractivity contribution in [1.82, 2.24) is 9.97 Å². The van der Waals surface area contributed by atoms with E-state index in [0.29, 0.717) is 33.7 Å². The molecule has 0 aliphatic rings. The standard InChI is InChI=1S/C19H19N3O5/c1-4-27-19(24)17-16(22-18(23)11-5-7-20-8-6-11)12-9-14(25-2)15(26-3)10-13(12)21-17/h5-10,21H,4H2,1-3H3,(H,22,23). The molecule has 0 unspecified atom stereocenters. The molecule has 0 bridgehead atoms. The number of benzene rings is 1. The number of anilines is 1. The van der Waals surface area contributed by atoms with E-state index in [-0.39, 0.29) is 18.2 Å². The van der Waals surface area contributed by atoms with Crippen LogP contribution in [-0.2, 0) is 4.74 Å². The van der Waals surface area contributed by atoms with Gasteiger partial charge in [-0.2, -0.15) is 0 Å². The van der Waals surface area contributed by atoms with E-state index in [2.05, 4.69) is 15.3 Å². The summed E-state index contributed by atoms with van der Waals surface area (Å²) in [6.45, 7) is 1.92. The monoisotopic (exact) mass is 369 g/mol. The number of methoxy groups -OCH3 is 2. The van der Waals surface area contributed by atoms with E-state index in [4.69, 9.17) is 14.2 Å². The third kappa shape index (κ3) is 3.55. The number of pyridine rings is 1. The van der Waals surface area contributed by atoms with Crippen molar-refractivity contribution in [3.05, 3.63) is 47.9 Å². The zero-order valence-electron chi connectivity index (χ0n) is 15.2. The van der Waals surface area contributed by atoms with Crippen LogP contribution >= 0.6 is 0 Å². The minimum Gasteiger partial charge on any atom is -0.493 e. The molecule has 27 heavy (non-hydrogen) atoms. The summed E-state index contributed by atoms with van der Waals surface area (Å²) in [5.74, 6) is 0.0165. The van der Waals surface area contributed by atoms with Crippen LogP contribution in [0.25, 0.3) is 10.9 Å². The molecule has 0 saturated carbocycles. The van der Waals surface area contributed by atoms with Crippen molar-refractivity contribution in [2.75, 3.05) is 26.1 Å². The lowest BCUT2D eigenvalue weighted by atomic mass is 10.1. The normalized spacial score (nSPS) is 10.5. The molecule has 0 saturated heterocycles. The molecule has 2 N–H and O–H groups in total. The van der Waals surface area contributed by atoms with Crippen LogP contribution < -0.4 is 14.8 Å². The second-order valence-corrected chi connectivity index (χ2v) is 5.54. The van der Waals surface area contributed by atoms with Crippen LogP contribution in [0.3, 0.4) is 0 Å². The van der Waals surface area contributed by atoms with Crippen LogP contribution in [0.15, 0.2) is 36.7 Å². The second-order valence-electron chi connectivity index (χ2n) is 5.54. The van der Waals surface area contributed by atoms with Gasteiger partial charge in [-0.15, -0.1) is 0 Å². The van der Waals surface area contributed by atoms with Gasteiger partial charge in [0.1, 0.15) is 5.69 Å². The third-order valence-corrected chi connectivity index (χ3v) is 3.96. The van der Waals surface area contributed by atoms with Crippen molar-refractivity contribution in [1.29, 1.82) is 0 Å². The SMILES string of the molecule is CCOC(=O)c1[nH]c2cc(OC)c(OC)cc2c1NC(=O)c1ccncc1. The average molecular weight is 369 g/mol. The van der Waals surface area contributed by atoms with Crippen LogP contribution in [0.2, 0.25) is 0 Å². The number of carbonyl (C=O) groups is 2. The number of hydrogen-bond acceptors (Lipinski definition) is 6. The molecule has 0 spiro atoms. The summed E-state index contributed by atoms with van der Waals surface area (Å²) >= 11 is 0. The number of aromatic amines is 1. The highest BCUT2D eigenvalue weighted by Gasteiger charge is 2.23. The largest absolute Gasteiger partial charge is 0.493 e. The highest BCUT2D eigenvalue weighted by molar-refractivity contribution is 6.15. The number of ether oxygens (including phenoxy) is 3. The predicted molar refractivity (Wildman–Crippen MR) is 99.5 cm³/mol. The van der Waals surface area contributed by atoms with E-state index in [1.165, 1.54) is 26.6 Å². The van der Waals surface area contributed by atoms with E-state index >= 15 is 0 Å². The molecule has 140 valence electrons. The van der Waals surface area contributed by atoms with Crippen LogP contribution in [-0.4, -0.2) is 42.7 Å². The molecule has 0 aliphatic carbocycles. The minimum absolute atomic E-state index is 0.143. The predicted octanol–water partition coefficient (Wildman–Crippen LogP) is 3.01. The Morgan fingerprint density at radius 2 is 1.78 bits per heavy atom. The molecule has 0 radical (unpaired) electrons. The zero-order chi connectivity index (χ0) is 19.4. The molecule has 8 heteroatoms. The Bertz CT molecular complexity index is 982. The Kier molecular flexibility index (Phi) is 5.25. The van der Waals surface area contributed by atoms with Crippen LogP contribution in [0.1, 0.15) is 27.8 Å². The van der Waals surface area contributed by atoms with E-state index in [9.17, 15) is 9.59 Å². The Labute approximate surface area is 155 Å². The van der Waals surface area contributed by atoms with Crippen LogP contribution in [0, 0.1) is 0 Å². The zero-order valence-corrected chi connectivity index (χ0v) is 15.2. The molecule has 1 aromatic carbocycles. The van der Waals surface area contributed by atoms with E-state index in [0.717, 1.165) is 0 Å². The Morgan fingerprint density at radius 1 is 1.11 bits per heavy atom. The number of aromatic nitrogens is 2. The number of H-pyrrole nitrogens is 1. The van der Waals surface area contributed by atoms with Crippen LogP contribution in [0.5, 0.6) is 11.5 Å². The van der Waals surface area contributed by atoms with Crippen molar-refractivity contribution in [3.63, 3.8) is 0 Å². The maximum atomic E-state index is 12.6. The van der Waals surface area contributed by atoms with Gasteiger partial charge in [-0.05, 0) is 25.1 Å². The van der Waals surface area contributed by atoms with Gasteiger partial charge in [0.15, 0.2) is 11.5 Å². The first-order chi connectivity index (χ1) is 13.1. The molecular weight excluding hydrogens is 350 g/mol. The summed E-state index contributed by atoms with van der Waals surface area (Å²) in [7, 11) is 3.03. The summed E-state index contributed by atoms with van der Waals surface area (Å²) < 4.78 is 15.7. The Hall–Kier alpha value is -3.55. The fraction of sp³-hybridized carbons (Fsp3) is 0.211. The highest BCUT2D eigenvalue weighted by atomic mass is 16.5. The molecule has 0 aliphatic heterocycles. The van der Waals surface area contributed by atoms with Gasteiger partial charge in [0.2, 0.25) is 0 Å².